The number of rotatable bonds is 3. The van der Waals surface area contributed by atoms with Gasteiger partial charge in [0.25, 0.3) is 6.43 Å². The molecular weight excluding hydrogens is 188 g/mol. The summed E-state index contributed by atoms with van der Waals surface area (Å²) in [6.45, 7) is 1.24. The Hall–Kier alpha value is -1.70. The summed E-state index contributed by atoms with van der Waals surface area (Å²) >= 11 is 0. The Kier molecular flexibility index (Phi) is 3.35. The van der Waals surface area contributed by atoms with Crippen molar-refractivity contribution in [2.45, 2.75) is 13.3 Å². The Morgan fingerprint density at radius 2 is 2.36 bits per heavy atom. The maximum Gasteiger partial charge on any atom is 0.255 e. The van der Waals surface area contributed by atoms with Crippen molar-refractivity contribution < 1.29 is 8.78 Å². The SMILES string of the molecule is Cc1ccnc(NCC(F)F)c1C#N. The first-order chi connectivity index (χ1) is 6.65. The summed E-state index contributed by atoms with van der Waals surface area (Å²) in [5.74, 6) is 0.216. The molecule has 0 bridgehead atoms. The third kappa shape index (κ3) is 2.39. The lowest BCUT2D eigenvalue weighted by molar-refractivity contribution is 0.163. The van der Waals surface area contributed by atoms with Gasteiger partial charge in [0.1, 0.15) is 11.9 Å². The monoisotopic (exact) mass is 197 g/mol. The van der Waals surface area contributed by atoms with Crippen molar-refractivity contribution in [3.63, 3.8) is 0 Å². The van der Waals surface area contributed by atoms with Gasteiger partial charge >= 0.3 is 0 Å². The highest BCUT2D eigenvalue weighted by atomic mass is 19.3. The predicted molar refractivity (Wildman–Crippen MR) is 48.2 cm³/mol. The molecule has 0 atom stereocenters. The van der Waals surface area contributed by atoms with E-state index in [1.54, 1.807) is 13.0 Å². The van der Waals surface area contributed by atoms with E-state index in [9.17, 15) is 8.78 Å². The molecule has 0 aliphatic carbocycles. The molecule has 74 valence electrons. The van der Waals surface area contributed by atoms with Crippen LogP contribution < -0.4 is 5.32 Å². The average Bonchev–Trinajstić information content (AvgIpc) is 2.14. The minimum atomic E-state index is -2.45. The lowest BCUT2D eigenvalue weighted by atomic mass is 10.1. The predicted octanol–water partition coefficient (Wildman–Crippen LogP) is 1.94. The van der Waals surface area contributed by atoms with E-state index in [1.165, 1.54) is 6.20 Å². The van der Waals surface area contributed by atoms with Gasteiger partial charge in [-0.3, -0.25) is 0 Å². The fourth-order valence-corrected chi connectivity index (χ4v) is 1.01. The summed E-state index contributed by atoms with van der Waals surface area (Å²) in [5, 5.41) is 11.2. The number of alkyl halides is 2. The number of anilines is 1. The van der Waals surface area contributed by atoms with E-state index < -0.39 is 13.0 Å². The Labute approximate surface area is 80.4 Å². The fraction of sp³-hybridized carbons (Fsp3) is 0.333. The molecule has 0 aliphatic rings. The minimum Gasteiger partial charge on any atom is -0.363 e. The van der Waals surface area contributed by atoms with Crippen molar-refractivity contribution in [3.05, 3.63) is 23.4 Å². The number of aromatic nitrogens is 1. The van der Waals surface area contributed by atoms with Crippen LogP contribution in [0.2, 0.25) is 0 Å². The Balaban J connectivity index is 2.87. The van der Waals surface area contributed by atoms with Crippen molar-refractivity contribution in [1.82, 2.24) is 4.98 Å². The molecule has 14 heavy (non-hydrogen) atoms. The van der Waals surface area contributed by atoms with Gasteiger partial charge in [0.2, 0.25) is 0 Å². The number of nitriles is 1. The number of hydrogen-bond acceptors (Lipinski definition) is 3. The van der Waals surface area contributed by atoms with E-state index >= 15 is 0 Å². The second-order valence-electron chi connectivity index (χ2n) is 2.74. The molecule has 0 amide bonds. The lowest BCUT2D eigenvalue weighted by Gasteiger charge is -2.07. The van der Waals surface area contributed by atoms with E-state index in [0.29, 0.717) is 5.56 Å². The van der Waals surface area contributed by atoms with E-state index in [1.807, 2.05) is 6.07 Å². The van der Waals surface area contributed by atoms with Crippen molar-refractivity contribution in [2.24, 2.45) is 0 Å². The van der Waals surface area contributed by atoms with Crippen LogP contribution in [0.1, 0.15) is 11.1 Å². The molecule has 0 unspecified atom stereocenters. The largest absolute Gasteiger partial charge is 0.363 e. The highest BCUT2D eigenvalue weighted by Crippen LogP contribution is 2.15. The smallest absolute Gasteiger partial charge is 0.255 e. The third-order valence-electron chi connectivity index (χ3n) is 1.69. The maximum atomic E-state index is 11.9. The number of nitrogens with zero attached hydrogens (tertiary/aromatic N) is 2. The summed E-state index contributed by atoms with van der Waals surface area (Å²) in [6.07, 6.45) is -0.979. The molecule has 3 nitrogen and oxygen atoms in total. The van der Waals surface area contributed by atoms with E-state index in [-0.39, 0.29) is 5.82 Å². The Bertz CT molecular complexity index is 358. The second-order valence-corrected chi connectivity index (χ2v) is 2.74. The standard InChI is InChI=1S/C9H9F2N3/c1-6-2-3-13-9(7(6)4-12)14-5-8(10)11/h2-3,8H,5H2,1H3,(H,13,14). The maximum absolute atomic E-state index is 11.9. The minimum absolute atomic E-state index is 0.216. The Morgan fingerprint density at radius 1 is 1.64 bits per heavy atom. The van der Waals surface area contributed by atoms with Gasteiger partial charge in [0.15, 0.2) is 0 Å². The molecule has 0 fully saturated rings. The molecule has 0 radical (unpaired) electrons. The molecule has 0 saturated carbocycles. The third-order valence-corrected chi connectivity index (χ3v) is 1.69. The molecule has 0 aliphatic heterocycles. The number of aryl methyl sites for hydroxylation is 1. The average molecular weight is 197 g/mol. The van der Waals surface area contributed by atoms with Gasteiger partial charge in [0, 0.05) is 6.20 Å². The van der Waals surface area contributed by atoms with E-state index in [2.05, 4.69) is 10.3 Å². The molecule has 1 aromatic heterocycles. The van der Waals surface area contributed by atoms with Crippen molar-refractivity contribution in [3.8, 4) is 6.07 Å². The molecule has 1 heterocycles. The van der Waals surface area contributed by atoms with Crippen LogP contribution in [0.25, 0.3) is 0 Å². The molecular formula is C9H9F2N3. The molecule has 1 N–H and O–H groups in total. The van der Waals surface area contributed by atoms with Gasteiger partial charge in [0.05, 0.1) is 12.1 Å². The van der Waals surface area contributed by atoms with E-state index in [0.717, 1.165) is 5.56 Å². The number of pyridine rings is 1. The fourth-order valence-electron chi connectivity index (χ4n) is 1.01. The van der Waals surface area contributed by atoms with Crippen LogP contribution in [-0.4, -0.2) is 18.0 Å². The first-order valence-corrected chi connectivity index (χ1v) is 4.03. The molecule has 5 heteroatoms. The van der Waals surface area contributed by atoms with Gasteiger partial charge in [-0.2, -0.15) is 5.26 Å². The van der Waals surface area contributed by atoms with Crippen LogP contribution >= 0.6 is 0 Å². The van der Waals surface area contributed by atoms with Gasteiger partial charge in [-0.05, 0) is 18.6 Å². The zero-order valence-corrected chi connectivity index (χ0v) is 7.59. The van der Waals surface area contributed by atoms with Crippen molar-refractivity contribution in [1.29, 1.82) is 5.26 Å². The first kappa shape index (κ1) is 10.4. The van der Waals surface area contributed by atoms with Crippen LogP contribution in [0, 0.1) is 18.3 Å². The van der Waals surface area contributed by atoms with Gasteiger partial charge < -0.3 is 5.32 Å². The summed E-state index contributed by atoms with van der Waals surface area (Å²) in [6, 6.07) is 3.58. The second kappa shape index (κ2) is 4.51. The zero-order valence-electron chi connectivity index (χ0n) is 7.59. The first-order valence-electron chi connectivity index (χ1n) is 4.03. The molecule has 0 saturated heterocycles. The molecule has 0 spiro atoms. The Morgan fingerprint density at radius 3 is 2.93 bits per heavy atom. The van der Waals surface area contributed by atoms with Crippen molar-refractivity contribution >= 4 is 5.82 Å². The highest BCUT2D eigenvalue weighted by Gasteiger charge is 2.08. The zero-order chi connectivity index (χ0) is 10.6. The van der Waals surface area contributed by atoms with Gasteiger partial charge in [-0.15, -0.1) is 0 Å². The summed E-state index contributed by atoms with van der Waals surface area (Å²) in [5.41, 5.74) is 1.03. The van der Waals surface area contributed by atoms with Crippen LogP contribution in [-0.2, 0) is 0 Å². The number of nitrogens with one attached hydrogen (secondary N) is 1. The number of halogens is 2. The summed E-state index contributed by atoms with van der Waals surface area (Å²) < 4.78 is 23.8. The summed E-state index contributed by atoms with van der Waals surface area (Å²) in [7, 11) is 0. The van der Waals surface area contributed by atoms with Crippen LogP contribution in [0.15, 0.2) is 12.3 Å². The molecule has 0 aromatic carbocycles. The van der Waals surface area contributed by atoms with Crippen molar-refractivity contribution in [2.75, 3.05) is 11.9 Å². The van der Waals surface area contributed by atoms with E-state index in [4.69, 9.17) is 5.26 Å². The molecule has 1 rings (SSSR count). The topological polar surface area (TPSA) is 48.7 Å². The lowest BCUT2D eigenvalue weighted by Crippen LogP contribution is -2.12. The molecule has 1 aromatic rings. The quantitative estimate of drug-likeness (QED) is 0.805. The number of hydrogen-bond donors (Lipinski definition) is 1. The van der Waals surface area contributed by atoms with Crippen LogP contribution in [0.3, 0.4) is 0 Å². The summed E-state index contributed by atoms with van der Waals surface area (Å²) in [4.78, 5) is 3.82. The normalized spacial score (nSPS) is 9.93. The van der Waals surface area contributed by atoms with Gasteiger partial charge in [-0.25, -0.2) is 13.8 Å². The van der Waals surface area contributed by atoms with Gasteiger partial charge in [-0.1, -0.05) is 0 Å². The highest BCUT2D eigenvalue weighted by molar-refractivity contribution is 5.55. The van der Waals surface area contributed by atoms with Crippen LogP contribution in [0.4, 0.5) is 14.6 Å². The van der Waals surface area contributed by atoms with Crippen LogP contribution in [0.5, 0.6) is 0 Å².